The molecule has 0 aliphatic rings. The Morgan fingerprint density at radius 2 is 2.31 bits per heavy atom. The van der Waals surface area contributed by atoms with E-state index in [0.717, 1.165) is 18.5 Å². The lowest BCUT2D eigenvalue weighted by atomic mass is 10.1. The normalized spacial score (nSPS) is 10.0. The summed E-state index contributed by atoms with van der Waals surface area (Å²) < 4.78 is 1.84. The molecule has 86 valence electrons. The Bertz CT molecular complexity index is 407. The molecule has 1 aromatic heterocycles. The summed E-state index contributed by atoms with van der Waals surface area (Å²) in [5.74, 6) is 6.23. The van der Waals surface area contributed by atoms with Crippen molar-refractivity contribution in [2.24, 2.45) is 5.92 Å². The van der Waals surface area contributed by atoms with Gasteiger partial charge in [0.25, 0.3) is 0 Å². The number of hydrogen-bond acceptors (Lipinski definition) is 2. The lowest BCUT2D eigenvalue weighted by Crippen LogP contribution is -2.08. The maximum atomic E-state index is 11.4. The maximum absolute atomic E-state index is 11.4. The van der Waals surface area contributed by atoms with Gasteiger partial charge in [-0.1, -0.05) is 19.8 Å². The molecule has 0 aliphatic heterocycles. The van der Waals surface area contributed by atoms with Gasteiger partial charge >= 0.3 is 0 Å². The number of aryl methyl sites for hydroxylation is 1. The van der Waals surface area contributed by atoms with Gasteiger partial charge in [-0.15, -0.1) is 5.92 Å². The van der Waals surface area contributed by atoms with Gasteiger partial charge in [-0.25, -0.2) is 0 Å². The number of hydrogen-bond donors (Lipinski definition) is 0. The van der Waals surface area contributed by atoms with E-state index in [1.807, 2.05) is 24.7 Å². The summed E-state index contributed by atoms with van der Waals surface area (Å²) in [6.45, 7) is 6.46. The van der Waals surface area contributed by atoms with Crippen LogP contribution in [0, 0.1) is 17.8 Å². The van der Waals surface area contributed by atoms with E-state index < -0.39 is 0 Å². The van der Waals surface area contributed by atoms with Gasteiger partial charge in [0.15, 0.2) is 0 Å². The average molecular weight is 218 g/mol. The van der Waals surface area contributed by atoms with Crippen LogP contribution in [0.2, 0.25) is 0 Å². The van der Waals surface area contributed by atoms with Crippen molar-refractivity contribution >= 4 is 5.78 Å². The van der Waals surface area contributed by atoms with Crippen molar-refractivity contribution in [3.05, 3.63) is 18.0 Å². The Morgan fingerprint density at radius 1 is 1.56 bits per heavy atom. The zero-order valence-corrected chi connectivity index (χ0v) is 10.2. The molecule has 1 aromatic rings. The molecular weight excluding hydrogens is 200 g/mol. The monoisotopic (exact) mass is 218 g/mol. The van der Waals surface area contributed by atoms with Crippen LogP contribution in [0.1, 0.15) is 39.2 Å². The fourth-order valence-electron chi connectivity index (χ4n) is 1.40. The molecule has 0 saturated carbocycles. The second kappa shape index (κ2) is 6.12. The largest absolute Gasteiger partial charge is 0.299 e. The molecule has 1 heterocycles. The summed E-state index contributed by atoms with van der Waals surface area (Å²) in [6.07, 6.45) is 5.14. The van der Waals surface area contributed by atoms with E-state index >= 15 is 0 Å². The molecule has 16 heavy (non-hydrogen) atoms. The predicted molar refractivity (Wildman–Crippen MR) is 63.9 cm³/mol. The van der Waals surface area contributed by atoms with Crippen LogP contribution in [0.25, 0.3) is 0 Å². The Balaban J connectivity index is 2.36. The Morgan fingerprint density at radius 3 is 2.94 bits per heavy atom. The lowest BCUT2D eigenvalue weighted by Gasteiger charge is -2.03. The Hall–Kier alpha value is -1.56. The maximum Gasteiger partial charge on any atom is 0.135 e. The van der Waals surface area contributed by atoms with Crippen LogP contribution in [0.5, 0.6) is 0 Å². The van der Waals surface area contributed by atoms with Gasteiger partial charge in [-0.2, -0.15) is 5.10 Å². The molecule has 0 radical (unpaired) electrons. The molecular formula is C13H18N2O. The van der Waals surface area contributed by atoms with Crippen molar-refractivity contribution < 1.29 is 4.79 Å². The average Bonchev–Trinajstić information content (AvgIpc) is 2.66. The first-order valence-corrected chi connectivity index (χ1v) is 5.61. The minimum absolute atomic E-state index is 0.138. The number of rotatable bonds is 5. The van der Waals surface area contributed by atoms with Gasteiger partial charge in [0.05, 0.1) is 11.8 Å². The number of aromatic nitrogens is 2. The van der Waals surface area contributed by atoms with Gasteiger partial charge in [-0.05, 0) is 13.3 Å². The number of carbonyl (C=O) groups is 1. The van der Waals surface area contributed by atoms with E-state index in [4.69, 9.17) is 0 Å². The standard InChI is InChI=1S/C13H18N2O/c1-4-6-12-9-14-15(10-12)8-5-7-13(16)11(2)3/h9-11H,5,7-8H2,1-3H3. The number of carbonyl (C=O) groups excluding carboxylic acids is 1. The molecule has 0 aliphatic carbocycles. The van der Waals surface area contributed by atoms with Crippen molar-refractivity contribution in [3.8, 4) is 11.8 Å². The molecule has 1 rings (SSSR count). The van der Waals surface area contributed by atoms with Crippen molar-refractivity contribution in [2.45, 2.75) is 40.2 Å². The molecule has 0 saturated heterocycles. The second-order valence-electron chi connectivity index (χ2n) is 4.09. The summed E-state index contributed by atoms with van der Waals surface area (Å²) in [4.78, 5) is 11.4. The molecule has 3 heteroatoms. The Kier molecular flexibility index (Phi) is 4.78. The van der Waals surface area contributed by atoms with E-state index in [2.05, 4.69) is 16.9 Å². The third-order valence-electron chi connectivity index (χ3n) is 2.36. The van der Waals surface area contributed by atoms with Crippen LogP contribution < -0.4 is 0 Å². The second-order valence-corrected chi connectivity index (χ2v) is 4.09. The molecule has 0 spiro atoms. The van der Waals surface area contributed by atoms with Crippen LogP contribution in [-0.4, -0.2) is 15.6 Å². The number of Topliss-reactive ketones (excluding diaryl/α,β-unsaturated/α-hetero) is 1. The highest BCUT2D eigenvalue weighted by atomic mass is 16.1. The summed E-state index contributed by atoms with van der Waals surface area (Å²) in [5, 5.41) is 4.18. The van der Waals surface area contributed by atoms with Gasteiger partial charge in [-0.3, -0.25) is 9.48 Å². The molecule has 0 atom stereocenters. The highest BCUT2D eigenvalue weighted by Gasteiger charge is 2.06. The van der Waals surface area contributed by atoms with E-state index in [1.54, 1.807) is 13.1 Å². The first-order valence-electron chi connectivity index (χ1n) is 5.61. The fourth-order valence-corrected chi connectivity index (χ4v) is 1.40. The SMILES string of the molecule is CC#Cc1cnn(CCCC(=O)C(C)C)c1. The van der Waals surface area contributed by atoms with E-state index in [0.29, 0.717) is 12.2 Å². The van der Waals surface area contributed by atoms with Gasteiger partial charge in [0.2, 0.25) is 0 Å². The molecule has 0 fully saturated rings. The smallest absolute Gasteiger partial charge is 0.135 e. The zero-order valence-electron chi connectivity index (χ0n) is 10.2. The predicted octanol–water partition coefficient (Wildman–Crippen LogP) is 2.26. The van der Waals surface area contributed by atoms with Crippen LogP contribution in [-0.2, 0) is 11.3 Å². The van der Waals surface area contributed by atoms with Crippen molar-refractivity contribution in [1.29, 1.82) is 0 Å². The van der Waals surface area contributed by atoms with E-state index in [-0.39, 0.29) is 5.92 Å². The van der Waals surface area contributed by atoms with Crippen molar-refractivity contribution in [1.82, 2.24) is 9.78 Å². The molecule has 0 aromatic carbocycles. The van der Waals surface area contributed by atoms with Crippen LogP contribution >= 0.6 is 0 Å². The molecule has 3 nitrogen and oxygen atoms in total. The summed E-state index contributed by atoms with van der Waals surface area (Å²) in [5.41, 5.74) is 0.928. The zero-order chi connectivity index (χ0) is 12.0. The van der Waals surface area contributed by atoms with Gasteiger partial charge in [0.1, 0.15) is 5.78 Å². The van der Waals surface area contributed by atoms with E-state index in [1.165, 1.54) is 0 Å². The molecule has 0 bridgehead atoms. The van der Waals surface area contributed by atoms with E-state index in [9.17, 15) is 4.79 Å². The van der Waals surface area contributed by atoms with Crippen molar-refractivity contribution in [2.75, 3.05) is 0 Å². The fraction of sp³-hybridized carbons (Fsp3) is 0.538. The van der Waals surface area contributed by atoms with Crippen molar-refractivity contribution in [3.63, 3.8) is 0 Å². The van der Waals surface area contributed by atoms with Crippen LogP contribution in [0.4, 0.5) is 0 Å². The number of nitrogens with zero attached hydrogens (tertiary/aromatic N) is 2. The molecule has 0 unspecified atom stereocenters. The summed E-state index contributed by atoms with van der Waals surface area (Å²) in [7, 11) is 0. The first kappa shape index (κ1) is 12.5. The third-order valence-corrected chi connectivity index (χ3v) is 2.36. The summed E-state index contributed by atoms with van der Waals surface area (Å²) >= 11 is 0. The highest BCUT2D eigenvalue weighted by molar-refractivity contribution is 5.80. The molecule has 0 N–H and O–H groups in total. The van der Waals surface area contributed by atoms with Gasteiger partial charge < -0.3 is 0 Å². The minimum Gasteiger partial charge on any atom is -0.299 e. The Labute approximate surface area is 96.8 Å². The highest BCUT2D eigenvalue weighted by Crippen LogP contribution is 2.04. The topological polar surface area (TPSA) is 34.9 Å². The lowest BCUT2D eigenvalue weighted by molar-refractivity contribution is -0.122. The van der Waals surface area contributed by atoms with Gasteiger partial charge in [0, 0.05) is 25.1 Å². The summed E-state index contributed by atoms with van der Waals surface area (Å²) in [6, 6.07) is 0. The van der Waals surface area contributed by atoms with Crippen LogP contribution in [0.3, 0.4) is 0 Å². The first-order chi connectivity index (χ1) is 7.63. The minimum atomic E-state index is 0.138. The molecule has 0 amide bonds. The van der Waals surface area contributed by atoms with Crippen LogP contribution in [0.15, 0.2) is 12.4 Å². The quantitative estimate of drug-likeness (QED) is 0.710. The third kappa shape index (κ3) is 3.90. The number of ketones is 1.